The highest BCUT2D eigenvalue weighted by molar-refractivity contribution is 6.00. The van der Waals surface area contributed by atoms with Gasteiger partial charge in [-0.05, 0) is 155 Å². The molecule has 22 rings (SSSR count). The molecule has 6 unspecified atom stereocenters. The van der Waals surface area contributed by atoms with E-state index >= 15 is 0 Å². The number of aromatic nitrogens is 8. The first-order valence-corrected chi connectivity index (χ1v) is 53.0. The van der Waals surface area contributed by atoms with E-state index in [-0.39, 0.29) is 76.9 Å². The highest BCUT2D eigenvalue weighted by atomic mass is 19.1. The third kappa shape index (κ3) is 22.5. The number of anilines is 8. The number of phenols is 4. The zero-order chi connectivity index (χ0) is 104. The maximum Gasteiger partial charge on any atom is 0.318 e. The van der Waals surface area contributed by atoms with Gasteiger partial charge in [0.15, 0.2) is 0 Å². The minimum absolute atomic E-state index is 0.000964. The Bertz CT molecular complexity index is 6920. The second kappa shape index (κ2) is 46.2. The van der Waals surface area contributed by atoms with Crippen molar-refractivity contribution in [3.05, 3.63) is 241 Å². The highest BCUT2D eigenvalue weighted by Crippen LogP contribution is 2.47. The Morgan fingerprint density at radius 3 is 1.22 bits per heavy atom. The molecule has 0 radical (unpaired) electrons. The Morgan fingerprint density at radius 1 is 0.400 bits per heavy atom. The normalized spacial score (nSPS) is 19.2. The molecule has 6 fully saturated rings. The van der Waals surface area contributed by atoms with Gasteiger partial charge < -0.3 is 98.2 Å². The molecule has 0 saturated carbocycles. The van der Waals surface area contributed by atoms with E-state index in [1.165, 1.54) is 29.9 Å². The van der Waals surface area contributed by atoms with Gasteiger partial charge in [-0.25, -0.2) is 4.39 Å². The van der Waals surface area contributed by atoms with Gasteiger partial charge >= 0.3 is 24.0 Å². The number of carbonyl (C=O) groups excluding carboxylic acids is 4. The minimum Gasteiger partial charge on any atom is -0.508 e. The predicted molar refractivity (Wildman–Crippen MR) is 585 cm³/mol. The number of nitrogens with zero attached hydrogens (tertiary/aromatic N) is 21. The lowest BCUT2D eigenvalue weighted by molar-refractivity contribution is -0.127. The van der Waals surface area contributed by atoms with Gasteiger partial charge in [-0.2, -0.15) is 39.9 Å². The number of benzene rings is 8. The van der Waals surface area contributed by atoms with Crippen molar-refractivity contribution in [1.82, 2.24) is 64.4 Å². The number of piperazine rings is 4. The summed E-state index contributed by atoms with van der Waals surface area (Å²) in [5, 5.41) is 50.2. The second-order valence-electron chi connectivity index (χ2n) is 40.2. The largest absolute Gasteiger partial charge is 0.508 e. The molecule has 34 heteroatoms. The SMILES string of the molecule is C=CC(=O)N1CC2CCC(C1)N2c1nc(OC(C)CC)nc2c1CCN(c1cc(O)cc3ccccc13)C2.C=CC(=O)N1CCN(c2nc(OCCC)nc3c2CC(C)N(c2cc(O)cc4ccccc24)C3)CC1.C=CC(=O)N1CCN(c2nc(OCCC)nc3c2CCN(c2cc(O)cc4ccccc24)C3C)CC1.C=CC(=O)N1CCN(c2nc(OCCN3CCC(F)C3)nc3c2CCN(c2cc(O)cc4ccccc24)C3)CC1. The van der Waals surface area contributed by atoms with Crippen LogP contribution in [0.5, 0.6) is 47.0 Å². The number of carbonyl (C=O) groups is 4. The molecule has 12 aromatic rings. The predicted octanol–water partition coefficient (Wildman–Crippen LogP) is 15.6. The monoisotopic (exact) mass is 2030 g/mol. The zero-order valence-electron chi connectivity index (χ0n) is 86.7. The van der Waals surface area contributed by atoms with E-state index in [0.29, 0.717) is 175 Å². The van der Waals surface area contributed by atoms with Crippen molar-refractivity contribution >= 4 is 113 Å². The van der Waals surface area contributed by atoms with E-state index in [9.17, 15) is 44.0 Å². The average molecular weight is 2040 g/mol. The van der Waals surface area contributed by atoms with Crippen LogP contribution in [0.25, 0.3) is 43.1 Å². The number of hydrogen-bond acceptors (Lipinski definition) is 29. The summed E-state index contributed by atoms with van der Waals surface area (Å²) in [6, 6.07) is 49.1. The maximum absolute atomic E-state index is 13.6. The standard InChI is InChI=1S/C30H35FN6O3.C30H35N5O3.2C28H33N5O3/c1-2-28(39)35-11-13-36(14-12-35)29-25-8-10-37(27-18-23(38)17-21-5-3-4-6-24(21)27)20-26(25)32-30(33-29)40-16-15-34-9-7-22(31)19-34;1-4-19(3)38-30-31-26-18-33(27-15-23(36)14-20-8-6-7-9-24(20)27)13-12-25(26)29(32-30)35-21-10-11-22(35)17-34(16-21)28(37)5-2;1-4-14-36-28-29-24-18-33(25-17-21(34)16-20-8-6-7-9-22(20)25)19(3)15-23(24)27(30-28)32-12-10-31(11-13-32)26(35)5-2;1-4-16-36-28-29-26-19(3)33(24-18-21(34)17-20-8-6-7-9-22(20)24)11-10-23(26)27(30-28)32-14-12-31(13-15-32)25(35)5-2/h2-6,17-18,22,38H,1,7-16,19-20H2;5-9,14-15,19,21-22,36H,2,4,10-13,16-18H2,1,3H3;5-9,16-17,19,34H,2,4,10-15,18H2,1,3H3;5-9,17-19,34H,2,4,10-16H2,1,3H3. The molecule has 150 heavy (non-hydrogen) atoms. The number of hydrogen-bond donors (Lipinski definition) is 4. The molecule has 0 aliphatic carbocycles. The molecule has 10 aliphatic heterocycles. The molecule has 6 saturated heterocycles. The summed E-state index contributed by atoms with van der Waals surface area (Å²) in [6.07, 6.45) is 13.1. The van der Waals surface area contributed by atoms with E-state index in [2.05, 4.69) is 129 Å². The van der Waals surface area contributed by atoms with Crippen molar-refractivity contribution in [3.63, 3.8) is 0 Å². The van der Waals surface area contributed by atoms with Gasteiger partial charge in [0, 0.05) is 240 Å². The molecule has 2 bridgehead atoms. The number of likely N-dealkylation sites (tertiary alicyclic amines) is 2. The molecule has 4 aromatic heterocycles. The van der Waals surface area contributed by atoms with Crippen LogP contribution in [-0.2, 0) is 64.5 Å². The van der Waals surface area contributed by atoms with Crippen LogP contribution in [-0.4, -0.2) is 290 Å². The lowest BCUT2D eigenvalue weighted by Gasteiger charge is -2.43. The summed E-state index contributed by atoms with van der Waals surface area (Å²) in [5.74, 6) is 4.52. The summed E-state index contributed by atoms with van der Waals surface area (Å²) in [7, 11) is 0. The van der Waals surface area contributed by atoms with Gasteiger partial charge in [0.1, 0.15) is 59.0 Å². The lowest BCUT2D eigenvalue weighted by atomic mass is 9.96. The molecule has 4 amide bonds. The highest BCUT2D eigenvalue weighted by Gasteiger charge is 2.45. The Hall–Kier alpha value is -15.4. The first kappa shape index (κ1) is 103. The second-order valence-corrected chi connectivity index (χ2v) is 40.2. The number of fused-ring (bicyclic) bond motifs is 10. The Kier molecular flexibility index (Phi) is 31.8. The fourth-order valence-electron chi connectivity index (χ4n) is 22.6. The Morgan fingerprint density at radius 2 is 0.780 bits per heavy atom. The topological polar surface area (TPSA) is 331 Å². The van der Waals surface area contributed by atoms with E-state index in [1.54, 1.807) is 23.1 Å². The number of alkyl halides is 1. The van der Waals surface area contributed by atoms with E-state index in [0.717, 1.165) is 213 Å². The molecule has 784 valence electrons. The van der Waals surface area contributed by atoms with Crippen LogP contribution >= 0.6 is 0 Å². The number of ether oxygens (including phenoxy) is 4. The summed E-state index contributed by atoms with van der Waals surface area (Å²) in [6.45, 7) is 43.7. The van der Waals surface area contributed by atoms with Crippen LogP contribution in [0.3, 0.4) is 0 Å². The van der Waals surface area contributed by atoms with E-state index in [4.69, 9.17) is 58.8 Å². The van der Waals surface area contributed by atoms with Crippen LogP contribution in [0.15, 0.2) is 196 Å². The van der Waals surface area contributed by atoms with Gasteiger partial charge in [-0.3, -0.25) is 24.1 Å². The molecule has 14 heterocycles. The third-order valence-electron chi connectivity index (χ3n) is 30.5. The first-order valence-electron chi connectivity index (χ1n) is 53.0. The van der Waals surface area contributed by atoms with Gasteiger partial charge in [0.05, 0.1) is 67.8 Å². The van der Waals surface area contributed by atoms with Crippen molar-refractivity contribution in [2.24, 2.45) is 0 Å². The first-order chi connectivity index (χ1) is 72.9. The Balaban J connectivity index is 0.000000126. The molecular weight excluding hydrogens is 1900 g/mol. The van der Waals surface area contributed by atoms with E-state index in [1.807, 2.05) is 125 Å². The number of amides is 4. The lowest BCUT2D eigenvalue weighted by Crippen LogP contribution is -2.56. The number of rotatable bonds is 25. The number of halogens is 1. The van der Waals surface area contributed by atoms with Crippen LogP contribution in [0.2, 0.25) is 0 Å². The average Bonchev–Trinajstić information content (AvgIpc) is 1.74. The van der Waals surface area contributed by atoms with Crippen molar-refractivity contribution < 1.29 is 62.9 Å². The van der Waals surface area contributed by atoms with Gasteiger partial charge in [-0.1, -0.05) is 144 Å². The molecule has 6 atom stereocenters. The van der Waals surface area contributed by atoms with Gasteiger partial charge in [0.2, 0.25) is 23.6 Å². The molecule has 33 nitrogen and oxygen atoms in total. The summed E-state index contributed by atoms with van der Waals surface area (Å²) in [5.41, 5.74) is 12.3. The fourth-order valence-corrected chi connectivity index (χ4v) is 22.6. The summed E-state index contributed by atoms with van der Waals surface area (Å²) < 4.78 is 37.7. The number of aromatic hydroxyl groups is 4. The van der Waals surface area contributed by atoms with Gasteiger partial charge in [0.25, 0.3) is 0 Å². The fraction of sp³-hybridized carbons (Fsp3) is 0.414. The van der Waals surface area contributed by atoms with Crippen LogP contribution in [0, 0.1) is 0 Å². The third-order valence-corrected chi connectivity index (χ3v) is 30.5. The number of phenolic OH excluding ortho intramolecular Hbond substituents is 4. The summed E-state index contributed by atoms with van der Waals surface area (Å²) in [4.78, 5) is 115. The Labute approximate surface area is 875 Å². The minimum atomic E-state index is -0.766. The molecule has 4 N–H and O–H groups in total. The van der Waals surface area contributed by atoms with Crippen molar-refractivity contribution in [3.8, 4) is 47.0 Å². The maximum atomic E-state index is 13.6. The molecule has 0 spiro atoms. The summed E-state index contributed by atoms with van der Waals surface area (Å²) >= 11 is 0. The van der Waals surface area contributed by atoms with Crippen molar-refractivity contribution in [2.45, 2.75) is 162 Å². The smallest absolute Gasteiger partial charge is 0.318 e. The van der Waals surface area contributed by atoms with Crippen molar-refractivity contribution in [1.29, 1.82) is 0 Å². The molecule has 10 aliphatic rings. The van der Waals surface area contributed by atoms with Gasteiger partial charge in [-0.15, -0.1) is 0 Å². The van der Waals surface area contributed by atoms with Crippen LogP contribution in [0.4, 0.5) is 50.4 Å². The van der Waals surface area contributed by atoms with Crippen LogP contribution < -0.4 is 58.1 Å². The van der Waals surface area contributed by atoms with Crippen molar-refractivity contribution in [2.75, 3.05) is 190 Å². The van der Waals surface area contributed by atoms with Crippen LogP contribution in [0.1, 0.15) is 131 Å². The molecular formula is C116H136FN21O12. The van der Waals surface area contributed by atoms with E-state index < -0.39 is 6.17 Å². The molecule has 8 aromatic carbocycles. The zero-order valence-corrected chi connectivity index (χ0v) is 86.7. The quantitative estimate of drug-likeness (QED) is 0.0386.